The number of carboxylic acid groups (broad SMARTS) is 1. The first kappa shape index (κ1) is 17.5. The Bertz CT molecular complexity index is 570. The standard InChI is InChI=1S/C15H21N3O4/c1-9(2)12(14(20)21)17-13(19)10-6-5-7-11(8-10)16-15(22)18(3)4/h5-9,12H,1-4H3,(H,16,22)(H,17,19)(H,20,21)/t12-/m0/s1. The molecule has 1 atom stereocenters. The fraction of sp³-hybridized carbons (Fsp3) is 0.400. The van der Waals surface area contributed by atoms with Crippen LogP contribution in [0.3, 0.4) is 0 Å². The lowest BCUT2D eigenvalue weighted by atomic mass is 10.0. The molecule has 0 bridgehead atoms. The molecule has 0 unspecified atom stereocenters. The molecule has 0 aliphatic carbocycles. The highest BCUT2D eigenvalue weighted by Gasteiger charge is 2.24. The van der Waals surface area contributed by atoms with Crippen molar-refractivity contribution in [1.82, 2.24) is 10.2 Å². The number of anilines is 1. The molecule has 0 saturated carbocycles. The van der Waals surface area contributed by atoms with Gasteiger partial charge in [-0.05, 0) is 24.1 Å². The largest absolute Gasteiger partial charge is 0.480 e. The Balaban J connectivity index is 2.86. The molecule has 0 heterocycles. The van der Waals surface area contributed by atoms with Crippen molar-refractivity contribution in [3.05, 3.63) is 29.8 Å². The molecule has 0 saturated heterocycles. The molecule has 0 aromatic heterocycles. The normalized spacial score (nSPS) is 11.7. The van der Waals surface area contributed by atoms with Crippen molar-refractivity contribution >= 4 is 23.6 Å². The zero-order chi connectivity index (χ0) is 16.9. The second-order valence-electron chi connectivity index (χ2n) is 5.44. The van der Waals surface area contributed by atoms with Gasteiger partial charge in [-0.3, -0.25) is 4.79 Å². The summed E-state index contributed by atoms with van der Waals surface area (Å²) in [5.74, 6) is -1.82. The van der Waals surface area contributed by atoms with Crippen LogP contribution in [0.25, 0.3) is 0 Å². The van der Waals surface area contributed by atoms with Gasteiger partial charge in [0.25, 0.3) is 5.91 Å². The first-order chi connectivity index (χ1) is 10.2. The molecule has 120 valence electrons. The average molecular weight is 307 g/mol. The molecule has 0 radical (unpaired) electrons. The third-order valence-electron chi connectivity index (χ3n) is 3.00. The first-order valence-electron chi connectivity index (χ1n) is 6.84. The van der Waals surface area contributed by atoms with Crippen LogP contribution in [0.15, 0.2) is 24.3 Å². The van der Waals surface area contributed by atoms with Crippen LogP contribution in [0.5, 0.6) is 0 Å². The minimum atomic E-state index is -1.08. The third-order valence-corrected chi connectivity index (χ3v) is 3.00. The van der Waals surface area contributed by atoms with Gasteiger partial charge in [0, 0.05) is 25.3 Å². The molecule has 7 nitrogen and oxygen atoms in total. The van der Waals surface area contributed by atoms with Crippen LogP contribution in [-0.4, -0.2) is 48.1 Å². The smallest absolute Gasteiger partial charge is 0.326 e. The van der Waals surface area contributed by atoms with Crippen molar-refractivity contribution in [2.45, 2.75) is 19.9 Å². The number of nitrogens with zero attached hydrogens (tertiary/aromatic N) is 1. The minimum Gasteiger partial charge on any atom is -0.480 e. The number of rotatable bonds is 5. The number of carbonyl (C=O) groups is 3. The lowest BCUT2D eigenvalue weighted by Gasteiger charge is -2.18. The van der Waals surface area contributed by atoms with E-state index in [2.05, 4.69) is 10.6 Å². The van der Waals surface area contributed by atoms with Gasteiger partial charge in [-0.2, -0.15) is 0 Å². The van der Waals surface area contributed by atoms with Gasteiger partial charge < -0.3 is 20.6 Å². The van der Waals surface area contributed by atoms with Crippen LogP contribution < -0.4 is 10.6 Å². The van der Waals surface area contributed by atoms with E-state index in [-0.39, 0.29) is 17.5 Å². The summed E-state index contributed by atoms with van der Waals surface area (Å²) >= 11 is 0. The van der Waals surface area contributed by atoms with Gasteiger partial charge in [-0.15, -0.1) is 0 Å². The summed E-state index contributed by atoms with van der Waals surface area (Å²) in [6, 6.07) is 5.03. The predicted molar refractivity (Wildman–Crippen MR) is 82.9 cm³/mol. The molecular formula is C15H21N3O4. The molecule has 0 spiro atoms. The van der Waals surface area contributed by atoms with Gasteiger partial charge in [-0.1, -0.05) is 19.9 Å². The fourth-order valence-electron chi connectivity index (χ4n) is 1.71. The van der Waals surface area contributed by atoms with Crippen molar-refractivity contribution in [2.24, 2.45) is 5.92 Å². The summed E-state index contributed by atoms with van der Waals surface area (Å²) in [5.41, 5.74) is 0.742. The quantitative estimate of drug-likeness (QED) is 0.769. The van der Waals surface area contributed by atoms with Crippen molar-refractivity contribution in [2.75, 3.05) is 19.4 Å². The van der Waals surface area contributed by atoms with Crippen LogP contribution in [0, 0.1) is 5.92 Å². The summed E-state index contributed by atoms with van der Waals surface area (Å²) < 4.78 is 0. The van der Waals surface area contributed by atoms with Crippen molar-refractivity contribution in [1.29, 1.82) is 0 Å². The number of hydrogen-bond donors (Lipinski definition) is 3. The number of carboxylic acids is 1. The monoisotopic (exact) mass is 307 g/mol. The number of amides is 3. The first-order valence-corrected chi connectivity index (χ1v) is 6.84. The van der Waals surface area contributed by atoms with Gasteiger partial charge in [-0.25, -0.2) is 9.59 Å². The van der Waals surface area contributed by atoms with Crippen LogP contribution >= 0.6 is 0 Å². The Labute approximate surface area is 129 Å². The zero-order valence-electron chi connectivity index (χ0n) is 13.1. The number of nitrogens with one attached hydrogen (secondary N) is 2. The Kier molecular flexibility index (Phi) is 5.91. The maximum atomic E-state index is 12.1. The maximum Gasteiger partial charge on any atom is 0.326 e. The second-order valence-corrected chi connectivity index (χ2v) is 5.44. The highest BCUT2D eigenvalue weighted by atomic mass is 16.4. The minimum absolute atomic E-state index is 0.238. The summed E-state index contributed by atoms with van der Waals surface area (Å²) in [6.45, 7) is 3.43. The Morgan fingerprint density at radius 2 is 1.82 bits per heavy atom. The van der Waals surface area contributed by atoms with Gasteiger partial charge in [0.1, 0.15) is 6.04 Å². The lowest BCUT2D eigenvalue weighted by molar-refractivity contribution is -0.140. The predicted octanol–water partition coefficient (Wildman–Crippen LogP) is 1.62. The lowest BCUT2D eigenvalue weighted by Crippen LogP contribution is -2.44. The Morgan fingerprint density at radius 1 is 1.18 bits per heavy atom. The molecular weight excluding hydrogens is 286 g/mol. The van der Waals surface area contributed by atoms with Crippen LogP contribution in [0.2, 0.25) is 0 Å². The SMILES string of the molecule is CC(C)[C@H](NC(=O)c1cccc(NC(=O)N(C)C)c1)C(=O)O. The second kappa shape index (κ2) is 7.44. The Hall–Kier alpha value is -2.57. The van der Waals surface area contributed by atoms with E-state index in [4.69, 9.17) is 5.11 Å². The average Bonchev–Trinajstić information content (AvgIpc) is 2.43. The molecule has 22 heavy (non-hydrogen) atoms. The molecule has 3 N–H and O–H groups in total. The van der Waals surface area contributed by atoms with Crippen LogP contribution in [-0.2, 0) is 4.79 Å². The van der Waals surface area contributed by atoms with E-state index >= 15 is 0 Å². The molecule has 7 heteroatoms. The highest BCUT2D eigenvalue weighted by molar-refractivity contribution is 5.98. The van der Waals surface area contributed by atoms with E-state index in [1.807, 2.05) is 0 Å². The molecule has 1 aromatic rings. The highest BCUT2D eigenvalue weighted by Crippen LogP contribution is 2.12. The summed E-state index contributed by atoms with van der Waals surface area (Å²) in [6.07, 6.45) is 0. The number of hydrogen-bond acceptors (Lipinski definition) is 3. The van der Waals surface area contributed by atoms with Gasteiger partial charge >= 0.3 is 12.0 Å². The summed E-state index contributed by atoms with van der Waals surface area (Å²) in [5, 5.41) is 14.2. The van der Waals surface area contributed by atoms with E-state index in [0.29, 0.717) is 5.69 Å². The molecule has 1 rings (SSSR count). The van der Waals surface area contributed by atoms with Crippen molar-refractivity contribution < 1.29 is 19.5 Å². The fourth-order valence-corrected chi connectivity index (χ4v) is 1.71. The summed E-state index contributed by atoms with van der Waals surface area (Å²) in [7, 11) is 3.21. The number of carbonyl (C=O) groups excluding carboxylic acids is 2. The van der Waals surface area contributed by atoms with E-state index in [1.54, 1.807) is 46.1 Å². The zero-order valence-corrected chi connectivity index (χ0v) is 13.1. The number of benzene rings is 1. The van der Waals surface area contributed by atoms with Crippen molar-refractivity contribution in [3.63, 3.8) is 0 Å². The topological polar surface area (TPSA) is 98.7 Å². The van der Waals surface area contributed by atoms with E-state index < -0.39 is 17.9 Å². The number of urea groups is 1. The van der Waals surface area contributed by atoms with Gasteiger partial charge in [0.2, 0.25) is 0 Å². The van der Waals surface area contributed by atoms with Gasteiger partial charge in [0.05, 0.1) is 0 Å². The third kappa shape index (κ3) is 4.76. The number of aliphatic carboxylic acids is 1. The van der Waals surface area contributed by atoms with E-state index in [9.17, 15) is 14.4 Å². The van der Waals surface area contributed by atoms with Crippen molar-refractivity contribution in [3.8, 4) is 0 Å². The van der Waals surface area contributed by atoms with E-state index in [0.717, 1.165) is 0 Å². The molecule has 0 fully saturated rings. The maximum absolute atomic E-state index is 12.1. The summed E-state index contributed by atoms with van der Waals surface area (Å²) in [4.78, 5) is 36.2. The van der Waals surface area contributed by atoms with Crippen LogP contribution in [0.1, 0.15) is 24.2 Å². The Morgan fingerprint density at radius 3 is 2.32 bits per heavy atom. The molecule has 0 aliphatic rings. The van der Waals surface area contributed by atoms with Gasteiger partial charge in [0.15, 0.2) is 0 Å². The van der Waals surface area contributed by atoms with E-state index in [1.165, 1.54) is 11.0 Å². The molecule has 0 aliphatic heterocycles. The van der Waals surface area contributed by atoms with Crippen LogP contribution in [0.4, 0.5) is 10.5 Å². The molecule has 3 amide bonds. The molecule has 1 aromatic carbocycles.